The lowest BCUT2D eigenvalue weighted by molar-refractivity contribution is 0.0951. The summed E-state index contributed by atoms with van der Waals surface area (Å²) in [5.41, 5.74) is 6.60. The maximum Gasteiger partial charge on any atom is 0.253 e. The number of rotatable bonds is 4. The smallest absolute Gasteiger partial charge is 0.253 e. The van der Waals surface area contributed by atoms with Gasteiger partial charge < -0.3 is 11.1 Å². The lowest BCUT2D eigenvalue weighted by Gasteiger charge is -2.22. The number of hydrogen-bond acceptors (Lipinski definition) is 3. The molecule has 0 aromatic heterocycles. The van der Waals surface area contributed by atoms with Crippen molar-refractivity contribution >= 4 is 35.0 Å². The Kier molecular flexibility index (Phi) is 4.71. The molecule has 1 rings (SSSR count). The van der Waals surface area contributed by atoms with Gasteiger partial charge in [-0.05, 0) is 38.3 Å². The van der Waals surface area contributed by atoms with Crippen LogP contribution in [0.25, 0.3) is 0 Å². The Labute approximate surface area is 111 Å². The molecule has 0 aliphatic rings. The first-order valence-corrected chi connectivity index (χ1v) is 6.84. The van der Waals surface area contributed by atoms with E-state index in [0.717, 1.165) is 0 Å². The summed E-state index contributed by atoms with van der Waals surface area (Å²) in [5.74, 6) is -0.188. The molecule has 0 fully saturated rings. The number of anilines is 1. The van der Waals surface area contributed by atoms with Gasteiger partial charge in [-0.3, -0.25) is 4.79 Å². The molecule has 1 aromatic carbocycles. The van der Waals surface area contributed by atoms with Crippen molar-refractivity contribution in [2.75, 3.05) is 18.5 Å². The lowest BCUT2D eigenvalue weighted by atomic mass is 10.1. The highest BCUT2D eigenvalue weighted by Crippen LogP contribution is 2.21. The number of nitrogens with two attached hydrogens (primary N) is 1. The van der Waals surface area contributed by atoms with Crippen LogP contribution in [-0.4, -0.2) is 23.5 Å². The normalized spacial score (nSPS) is 11.3. The number of carbonyl (C=O) groups excluding carboxylic acids is 1. The SMILES string of the molecule is CSC(C)(C)CNC(=O)c1cc(Cl)ccc1N. The zero-order valence-electron chi connectivity index (χ0n) is 10.2. The van der Waals surface area contributed by atoms with Crippen molar-refractivity contribution in [1.29, 1.82) is 0 Å². The summed E-state index contributed by atoms with van der Waals surface area (Å²) in [6.45, 7) is 4.72. The molecule has 1 aromatic rings. The monoisotopic (exact) mass is 272 g/mol. The summed E-state index contributed by atoms with van der Waals surface area (Å²) in [5, 5.41) is 3.37. The van der Waals surface area contributed by atoms with E-state index in [0.29, 0.717) is 22.8 Å². The number of hydrogen-bond donors (Lipinski definition) is 2. The molecule has 0 aliphatic heterocycles. The molecule has 17 heavy (non-hydrogen) atoms. The minimum absolute atomic E-state index is 0.00297. The molecule has 0 saturated heterocycles. The van der Waals surface area contributed by atoms with E-state index in [2.05, 4.69) is 19.2 Å². The van der Waals surface area contributed by atoms with Gasteiger partial charge in [0.15, 0.2) is 0 Å². The van der Waals surface area contributed by atoms with E-state index >= 15 is 0 Å². The van der Waals surface area contributed by atoms with Gasteiger partial charge in [-0.15, -0.1) is 0 Å². The van der Waals surface area contributed by atoms with Crippen LogP contribution in [0.4, 0.5) is 5.69 Å². The predicted octanol–water partition coefficient (Wildman–Crippen LogP) is 2.79. The van der Waals surface area contributed by atoms with E-state index in [4.69, 9.17) is 17.3 Å². The van der Waals surface area contributed by atoms with E-state index in [1.807, 2.05) is 6.26 Å². The van der Waals surface area contributed by atoms with Crippen LogP contribution in [0.2, 0.25) is 5.02 Å². The molecule has 3 nitrogen and oxygen atoms in total. The van der Waals surface area contributed by atoms with E-state index in [1.54, 1.807) is 30.0 Å². The van der Waals surface area contributed by atoms with Crippen molar-refractivity contribution in [1.82, 2.24) is 5.32 Å². The van der Waals surface area contributed by atoms with Gasteiger partial charge in [0.05, 0.1) is 5.56 Å². The average molecular weight is 273 g/mol. The van der Waals surface area contributed by atoms with Crippen molar-refractivity contribution in [2.45, 2.75) is 18.6 Å². The molecular weight excluding hydrogens is 256 g/mol. The van der Waals surface area contributed by atoms with Gasteiger partial charge in [0.2, 0.25) is 0 Å². The Morgan fingerprint density at radius 3 is 2.76 bits per heavy atom. The average Bonchev–Trinajstić information content (AvgIpc) is 2.29. The lowest BCUT2D eigenvalue weighted by Crippen LogP contribution is -2.36. The summed E-state index contributed by atoms with van der Waals surface area (Å²) in [6.07, 6.45) is 2.01. The quantitative estimate of drug-likeness (QED) is 0.829. The summed E-state index contributed by atoms with van der Waals surface area (Å²) >= 11 is 7.54. The highest BCUT2D eigenvalue weighted by Gasteiger charge is 2.18. The molecule has 0 heterocycles. The van der Waals surface area contributed by atoms with Crippen molar-refractivity contribution in [3.63, 3.8) is 0 Å². The van der Waals surface area contributed by atoms with Gasteiger partial charge in [-0.1, -0.05) is 11.6 Å². The largest absolute Gasteiger partial charge is 0.398 e. The number of nitrogen functional groups attached to an aromatic ring is 1. The summed E-state index contributed by atoms with van der Waals surface area (Å²) < 4.78 is 0.00297. The van der Waals surface area contributed by atoms with Crippen molar-refractivity contribution in [3.05, 3.63) is 28.8 Å². The van der Waals surface area contributed by atoms with Crippen LogP contribution < -0.4 is 11.1 Å². The highest BCUT2D eigenvalue weighted by atomic mass is 35.5. The number of halogens is 1. The minimum Gasteiger partial charge on any atom is -0.398 e. The first-order valence-electron chi connectivity index (χ1n) is 5.24. The predicted molar refractivity (Wildman–Crippen MR) is 75.8 cm³/mol. The third-order valence-corrected chi connectivity index (χ3v) is 3.97. The highest BCUT2D eigenvalue weighted by molar-refractivity contribution is 7.99. The fraction of sp³-hybridized carbons (Fsp3) is 0.417. The molecule has 0 saturated carbocycles. The van der Waals surface area contributed by atoms with E-state index in [1.165, 1.54) is 0 Å². The minimum atomic E-state index is -0.188. The van der Waals surface area contributed by atoms with Crippen LogP contribution in [0.5, 0.6) is 0 Å². The standard InChI is InChI=1S/C12H17ClN2OS/c1-12(2,17-3)7-15-11(16)9-6-8(13)4-5-10(9)14/h4-6H,7,14H2,1-3H3,(H,15,16). The van der Waals surface area contributed by atoms with Crippen LogP contribution in [0, 0.1) is 0 Å². The zero-order chi connectivity index (χ0) is 13.1. The third-order valence-electron chi connectivity index (χ3n) is 2.49. The van der Waals surface area contributed by atoms with Gasteiger partial charge >= 0.3 is 0 Å². The summed E-state index contributed by atoms with van der Waals surface area (Å²) in [6, 6.07) is 4.88. The molecule has 0 spiro atoms. The van der Waals surface area contributed by atoms with Gasteiger partial charge in [0, 0.05) is 22.0 Å². The third kappa shape index (κ3) is 4.13. The molecule has 0 radical (unpaired) electrons. The van der Waals surface area contributed by atoms with Crippen molar-refractivity contribution in [3.8, 4) is 0 Å². The van der Waals surface area contributed by atoms with E-state index in [9.17, 15) is 4.79 Å². The molecule has 0 unspecified atom stereocenters. The second-order valence-corrected chi connectivity index (χ2v) is 6.33. The number of thioether (sulfide) groups is 1. The Balaban J connectivity index is 2.74. The fourth-order valence-corrected chi connectivity index (χ4v) is 1.57. The van der Waals surface area contributed by atoms with Gasteiger partial charge in [-0.25, -0.2) is 0 Å². The first-order chi connectivity index (χ1) is 7.85. The van der Waals surface area contributed by atoms with Crippen LogP contribution in [0.1, 0.15) is 24.2 Å². The number of benzene rings is 1. The molecular formula is C12H17ClN2OS. The topological polar surface area (TPSA) is 55.1 Å². The maximum absolute atomic E-state index is 11.9. The molecule has 3 N–H and O–H groups in total. The summed E-state index contributed by atoms with van der Waals surface area (Å²) in [7, 11) is 0. The van der Waals surface area contributed by atoms with Crippen molar-refractivity contribution < 1.29 is 4.79 Å². The van der Waals surface area contributed by atoms with Crippen LogP contribution >= 0.6 is 23.4 Å². The molecule has 0 atom stereocenters. The first kappa shape index (κ1) is 14.2. The summed E-state index contributed by atoms with van der Waals surface area (Å²) in [4.78, 5) is 11.9. The molecule has 5 heteroatoms. The van der Waals surface area contributed by atoms with Crippen LogP contribution in [0.15, 0.2) is 18.2 Å². The number of carbonyl (C=O) groups is 1. The fourth-order valence-electron chi connectivity index (χ4n) is 1.19. The Morgan fingerprint density at radius 2 is 2.18 bits per heavy atom. The second-order valence-electron chi connectivity index (χ2n) is 4.38. The van der Waals surface area contributed by atoms with Gasteiger partial charge in [0.25, 0.3) is 5.91 Å². The van der Waals surface area contributed by atoms with Crippen molar-refractivity contribution in [2.24, 2.45) is 0 Å². The van der Waals surface area contributed by atoms with Crippen LogP contribution in [-0.2, 0) is 0 Å². The molecule has 1 amide bonds. The Morgan fingerprint density at radius 1 is 1.53 bits per heavy atom. The Hall–Kier alpha value is -0.870. The van der Waals surface area contributed by atoms with E-state index < -0.39 is 0 Å². The molecule has 0 bridgehead atoms. The zero-order valence-corrected chi connectivity index (χ0v) is 11.8. The maximum atomic E-state index is 11.9. The second kappa shape index (κ2) is 5.65. The molecule has 0 aliphatic carbocycles. The Bertz CT molecular complexity index is 421. The van der Waals surface area contributed by atoms with Gasteiger partial charge in [-0.2, -0.15) is 11.8 Å². The number of amides is 1. The van der Waals surface area contributed by atoms with Gasteiger partial charge in [0.1, 0.15) is 0 Å². The van der Waals surface area contributed by atoms with E-state index in [-0.39, 0.29) is 10.7 Å². The van der Waals surface area contributed by atoms with Crippen LogP contribution in [0.3, 0.4) is 0 Å². The molecule has 94 valence electrons. The number of nitrogens with one attached hydrogen (secondary N) is 1.